The average Bonchev–Trinajstić information content (AvgIpc) is 2.79. The van der Waals surface area contributed by atoms with E-state index in [2.05, 4.69) is 27.2 Å². The van der Waals surface area contributed by atoms with Gasteiger partial charge in [0.25, 0.3) is 0 Å². The highest BCUT2D eigenvalue weighted by Crippen LogP contribution is 2.21. The number of aromatic nitrogens is 5. The quantitative estimate of drug-likeness (QED) is 0.462. The number of nitrogens with one attached hydrogen (secondary N) is 1. The SMILES string of the molecule is C[C@H](Cc1nc(Cc2cnccn2)cc(NCc2ccccn2)n1)c1ccc(F)cc1. The Hall–Kier alpha value is -3.74. The number of pyridine rings is 1. The molecule has 31 heavy (non-hydrogen) atoms. The first kappa shape index (κ1) is 20.5. The molecule has 1 N–H and O–H groups in total. The molecule has 0 fully saturated rings. The van der Waals surface area contributed by atoms with Crippen LogP contribution in [0.25, 0.3) is 0 Å². The average molecular weight is 414 g/mol. The number of anilines is 1. The molecular formula is C24H23FN6. The van der Waals surface area contributed by atoms with Crippen LogP contribution in [0.5, 0.6) is 0 Å². The summed E-state index contributed by atoms with van der Waals surface area (Å²) in [6, 6.07) is 14.3. The molecule has 7 heteroatoms. The Bertz CT molecular complexity index is 1100. The van der Waals surface area contributed by atoms with Gasteiger partial charge in [-0.1, -0.05) is 25.1 Å². The van der Waals surface area contributed by atoms with Gasteiger partial charge in [-0.2, -0.15) is 0 Å². The molecule has 0 radical (unpaired) electrons. The Balaban J connectivity index is 1.56. The van der Waals surface area contributed by atoms with E-state index in [1.807, 2.05) is 36.4 Å². The van der Waals surface area contributed by atoms with E-state index in [-0.39, 0.29) is 11.7 Å². The minimum Gasteiger partial charge on any atom is -0.364 e. The van der Waals surface area contributed by atoms with Gasteiger partial charge in [0.1, 0.15) is 17.5 Å². The number of hydrogen-bond donors (Lipinski definition) is 1. The molecular weight excluding hydrogens is 391 g/mol. The summed E-state index contributed by atoms with van der Waals surface area (Å²) in [5, 5.41) is 3.35. The number of halogens is 1. The normalized spacial score (nSPS) is 11.8. The lowest BCUT2D eigenvalue weighted by Gasteiger charge is -2.14. The Morgan fingerprint density at radius 3 is 2.48 bits per heavy atom. The first-order valence-electron chi connectivity index (χ1n) is 10.2. The van der Waals surface area contributed by atoms with Gasteiger partial charge in [-0.15, -0.1) is 0 Å². The fourth-order valence-electron chi connectivity index (χ4n) is 3.30. The fourth-order valence-corrected chi connectivity index (χ4v) is 3.30. The highest BCUT2D eigenvalue weighted by Gasteiger charge is 2.12. The summed E-state index contributed by atoms with van der Waals surface area (Å²) in [5.41, 5.74) is 3.68. The lowest BCUT2D eigenvalue weighted by Crippen LogP contribution is -2.10. The molecule has 156 valence electrons. The van der Waals surface area contributed by atoms with Crippen LogP contribution >= 0.6 is 0 Å². The van der Waals surface area contributed by atoms with Gasteiger partial charge >= 0.3 is 0 Å². The van der Waals surface area contributed by atoms with E-state index in [1.165, 1.54) is 12.1 Å². The number of nitrogens with zero attached hydrogens (tertiary/aromatic N) is 5. The van der Waals surface area contributed by atoms with Gasteiger partial charge in [-0.05, 0) is 35.7 Å². The smallest absolute Gasteiger partial charge is 0.131 e. The Morgan fingerprint density at radius 2 is 1.74 bits per heavy atom. The zero-order chi connectivity index (χ0) is 21.5. The van der Waals surface area contributed by atoms with Gasteiger partial charge in [-0.3, -0.25) is 15.0 Å². The summed E-state index contributed by atoms with van der Waals surface area (Å²) in [6.07, 6.45) is 8.04. The molecule has 4 aromatic rings. The second-order valence-electron chi connectivity index (χ2n) is 7.37. The van der Waals surface area contributed by atoms with Crippen molar-refractivity contribution in [3.8, 4) is 0 Å². The zero-order valence-electron chi connectivity index (χ0n) is 17.2. The van der Waals surface area contributed by atoms with Gasteiger partial charge in [0.05, 0.1) is 23.6 Å². The van der Waals surface area contributed by atoms with Gasteiger partial charge < -0.3 is 5.32 Å². The summed E-state index contributed by atoms with van der Waals surface area (Å²) in [4.78, 5) is 22.3. The number of benzene rings is 1. The van der Waals surface area contributed by atoms with Crippen LogP contribution in [0, 0.1) is 5.82 Å². The Kier molecular flexibility index (Phi) is 6.52. The van der Waals surface area contributed by atoms with Crippen molar-refractivity contribution in [2.24, 2.45) is 0 Å². The lowest BCUT2D eigenvalue weighted by atomic mass is 9.97. The molecule has 6 nitrogen and oxygen atoms in total. The third-order valence-corrected chi connectivity index (χ3v) is 4.91. The highest BCUT2D eigenvalue weighted by molar-refractivity contribution is 5.38. The van der Waals surface area contributed by atoms with E-state index >= 15 is 0 Å². The fraction of sp³-hybridized carbons (Fsp3) is 0.208. The summed E-state index contributed by atoms with van der Waals surface area (Å²) in [6.45, 7) is 2.66. The maximum Gasteiger partial charge on any atom is 0.131 e. The van der Waals surface area contributed by atoms with Crippen LogP contribution < -0.4 is 5.32 Å². The molecule has 0 saturated carbocycles. The maximum absolute atomic E-state index is 13.3. The van der Waals surface area contributed by atoms with Crippen molar-refractivity contribution in [1.82, 2.24) is 24.9 Å². The minimum atomic E-state index is -0.237. The van der Waals surface area contributed by atoms with Crippen molar-refractivity contribution in [3.63, 3.8) is 0 Å². The second-order valence-corrected chi connectivity index (χ2v) is 7.37. The van der Waals surface area contributed by atoms with Crippen LogP contribution in [-0.4, -0.2) is 24.9 Å². The van der Waals surface area contributed by atoms with Gasteiger partial charge in [0, 0.05) is 43.7 Å². The van der Waals surface area contributed by atoms with Gasteiger partial charge in [0.15, 0.2) is 0 Å². The molecule has 3 aromatic heterocycles. The summed E-state index contributed by atoms with van der Waals surface area (Å²) in [5.74, 6) is 1.37. The third kappa shape index (κ3) is 5.88. The zero-order valence-corrected chi connectivity index (χ0v) is 17.2. The predicted octanol–water partition coefficient (Wildman–Crippen LogP) is 4.35. The molecule has 3 heterocycles. The molecule has 0 aliphatic carbocycles. The predicted molar refractivity (Wildman–Crippen MR) is 117 cm³/mol. The topological polar surface area (TPSA) is 76.5 Å². The lowest BCUT2D eigenvalue weighted by molar-refractivity contribution is 0.624. The minimum absolute atomic E-state index is 0.149. The molecule has 1 atom stereocenters. The van der Waals surface area contributed by atoms with Crippen molar-refractivity contribution < 1.29 is 4.39 Å². The van der Waals surface area contributed by atoms with Crippen molar-refractivity contribution in [2.45, 2.75) is 32.2 Å². The Labute approximate surface area is 180 Å². The maximum atomic E-state index is 13.3. The monoisotopic (exact) mass is 414 g/mol. The van der Waals surface area contributed by atoms with Crippen LogP contribution in [0.4, 0.5) is 10.2 Å². The van der Waals surface area contributed by atoms with Crippen molar-refractivity contribution in [3.05, 3.63) is 108 Å². The van der Waals surface area contributed by atoms with Crippen molar-refractivity contribution in [2.75, 3.05) is 5.32 Å². The summed E-state index contributed by atoms with van der Waals surface area (Å²) >= 11 is 0. The summed E-state index contributed by atoms with van der Waals surface area (Å²) < 4.78 is 13.3. The van der Waals surface area contributed by atoms with Crippen molar-refractivity contribution in [1.29, 1.82) is 0 Å². The molecule has 0 spiro atoms. The molecule has 0 bridgehead atoms. The van der Waals surface area contributed by atoms with E-state index in [9.17, 15) is 4.39 Å². The van der Waals surface area contributed by atoms with E-state index in [4.69, 9.17) is 9.97 Å². The molecule has 0 unspecified atom stereocenters. The molecule has 0 aliphatic rings. The van der Waals surface area contributed by atoms with Crippen molar-refractivity contribution >= 4 is 5.82 Å². The van der Waals surface area contributed by atoms with E-state index in [0.29, 0.717) is 19.4 Å². The molecule has 0 saturated heterocycles. The van der Waals surface area contributed by atoms with Crippen LogP contribution in [0.15, 0.2) is 73.3 Å². The molecule has 1 aromatic carbocycles. The summed E-state index contributed by atoms with van der Waals surface area (Å²) in [7, 11) is 0. The number of hydrogen-bond acceptors (Lipinski definition) is 6. The molecule has 4 rings (SSSR count). The molecule has 0 aliphatic heterocycles. The number of rotatable bonds is 8. The van der Waals surface area contributed by atoms with Gasteiger partial charge in [-0.25, -0.2) is 14.4 Å². The van der Waals surface area contributed by atoms with E-state index < -0.39 is 0 Å². The standard InChI is InChI=1S/C24H23FN6/c1-17(18-5-7-19(25)8-6-18)12-24-30-21(13-22-15-26-10-11-28-22)14-23(31-24)29-16-20-4-2-3-9-27-20/h2-11,14-15,17H,12-13,16H2,1H3,(H,29,30,31)/t17-/m1/s1. The largest absolute Gasteiger partial charge is 0.364 e. The van der Waals surface area contributed by atoms with Crippen LogP contribution in [0.2, 0.25) is 0 Å². The highest BCUT2D eigenvalue weighted by atomic mass is 19.1. The van der Waals surface area contributed by atoms with E-state index in [0.717, 1.165) is 34.3 Å². The molecule has 0 amide bonds. The van der Waals surface area contributed by atoms with Crippen LogP contribution in [0.3, 0.4) is 0 Å². The first-order chi connectivity index (χ1) is 15.2. The van der Waals surface area contributed by atoms with Gasteiger partial charge in [0.2, 0.25) is 0 Å². The van der Waals surface area contributed by atoms with Crippen LogP contribution in [0.1, 0.15) is 41.3 Å². The first-order valence-corrected chi connectivity index (χ1v) is 10.2. The second kappa shape index (κ2) is 9.84. The van der Waals surface area contributed by atoms with E-state index in [1.54, 1.807) is 24.8 Å². The Morgan fingerprint density at radius 1 is 0.903 bits per heavy atom. The third-order valence-electron chi connectivity index (χ3n) is 4.91. The van der Waals surface area contributed by atoms with Crippen LogP contribution in [-0.2, 0) is 19.4 Å².